The molecule has 0 fully saturated rings. The van der Waals surface area contributed by atoms with Crippen molar-refractivity contribution < 1.29 is 9.53 Å². The summed E-state index contributed by atoms with van der Waals surface area (Å²) in [5.74, 6) is 1.29. The van der Waals surface area contributed by atoms with Crippen LogP contribution in [0, 0.1) is 17.9 Å². The lowest BCUT2D eigenvalue weighted by Crippen LogP contribution is -2.23. The Hall–Kier alpha value is -1.30. The van der Waals surface area contributed by atoms with Crippen LogP contribution in [0.1, 0.15) is 39.5 Å². The minimum Gasteiger partial charge on any atom is -0.498 e. The van der Waals surface area contributed by atoms with Gasteiger partial charge < -0.3 is 4.74 Å². The van der Waals surface area contributed by atoms with Gasteiger partial charge in [0.2, 0.25) is 0 Å². The van der Waals surface area contributed by atoms with Crippen LogP contribution in [0.2, 0.25) is 0 Å². The number of carbonyl (C=O) groups is 1. The van der Waals surface area contributed by atoms with Gasteiger partial charge in [0.25, 0.3) is 12.1 Å². The van der Waals surface area contributed by atoms with Crippen LogP contribution in [0.3, 0.4) is 0 Å². The first-order valence-corrected chi connectivity index (χ1v) is 6.53. The fourth-order valence-electron chi connectivity index (χ4n) is 2.48. The largest absolute Gasteiger partial charge is 0.498 e. The Bertz CT molecular complexity index is 389. The zero-order valence-electron chi connectivity index (χ0n) is 10.6. The van der Waals surface area contributed by atoms with E-state index in [0.29, 0.717) is 12.5 Å². The van der Waals surface area contributed by atoms with Gasteiger partial charge in [-0.05, 0) is 19.8 Å². The smallest absolute Gasteiger partial charge is 0.285 e. The van der Waals surface area contributed by atoms with Gasteiger partial charge in [0.1, 0.15) is 5.76 Å². The number of ether oxygens (including phenoxy) is 1. The van der Waals surface area contributed by atoms with Gasteiger partial charge in [0.05, 0.1) is 13.0 Å². The van der Waals surface area contributed by atoms with Crippen molar-refractivity contribution in [3.63, 3.8) is 0 Å². The fourth-order valence-corrected chi connectivity index (χ4v) is 2.48. The molecule has 2 rings (SSSR count). The Morgan fingerprint density at radius 3 is 3.12 bits per heavy atom. The van der Waals surface area contributed by atoms with Crippen molar-refractivity contribution in [2.24, 2.45) is 11.8 Å². The highest BCUT2D eigenvalue weighted by Crippen LogP contribution is 2.28. The number of hydrogen-bond donors (Lipinski definition) is 0. The summed E-state index contributed by atoms with van der Waals surface area (Å²) >= 11 is 0. The molecule has 1 unspecified atom stereocenters. The van der Waals surface area contributed by atoms with Crippen LogP contribution in [0.15, 0.2) is 11.8 Å². The topological polar surface area (TPSA) is 30.7 Å². The van der Waals surface area contributed by atoms with Crippen LogP contribution >= 0.6 is 0 Å². The molecule has 92 valence electrons. The van der Waals surface area contributed by atoms with Crippen molar-refractivity contribution in [2.45, 2.75) is 45.6 Å². The molecule has 3 nitrogen and oxygen atoms in total. The third-order valence-electron chi connectivity index (χ3n) is 3.59. The first-order valence-electron chi connectivity index (χ1n) is 6.53. The predicted octanol–water partition coefficient (Wildman–Crippen LogP) is 3.02. The van der Waals surface area contributed by atoms with Crippen molar-refractivity contribution in [3.05, 3.63) is 16.7 Å². The number of fused-ring (bicyclic) bond motifs is 2. The van der Waals surface area contributed by atoms with Gasteiger partial charge in [-0.15, -0.1) is 0 Å². The first-order chi connectivity index (χ1) is 8.20. The molecule has 2 aliphatic heterocycles. The molecule has 0 aromatic heterocycles. The molecular formula is C14H20NO2+. The van der Waals surface area contributed by atoms with Gasteiger partial charge in [-0.1, -0.05) is 18.2 Å². The van der Waals surface area contributed by atoms with E-state index >= 15 is 0 Å². The second-order valence-electron chi connectivity index (χ2n) is 4.94. The van der Waals surface area contributed by atoms with E-state index in [0.717, 1.165) is 31.4 Å². The second-order valence-corrected chi connectivity index (χ2v) is 4.94. The second kappa shape index (κ2) is 5.35. The summed E-state index contributed by atoms with van der Waals surface area (Å²) in [4.78, 5) is 16.5. The molecule has 0 saturated carbocycles. The van der Waals surface area contributed by atoms with Crippen LogP contribution < -0.4 is 0 Å². The lowest BCUT2D eigenvalue weighted by molar-refractivity contribution is -0.117. The van der Waals surface area contributed by atoms with Crippen molar-refractivity contribution in [3.8, 4) is 6.07 Å². The third-order valence-corrected chi connectivity index (χ3v) is 3.59. The molecule has 0 aliphatic carbocycles. The van der Waals surface area contributed by atoms with Crippen molar-refractivity contribution in [2.75, 3.05) is 6.61 Å². The van der Waals surface area contributed by atoms with Crippen LogP contribution in [0.25, 0.3) is 4.85 Å². The molecule has 17 heavy (non-hydrogen) atoms. The number of ketones is 1. The molecule has 0 N–H and O–H groups in total. The van der Waals surface area contributed by atoms with E-state index in [-0.39, 0.29) is 17.7 Å². The maximum atomic E-state index is 12.0. The molecule has 2 aliphatic rings. The Morgan fingerprint density at radius 1 is 1.53 bits per heavy atom. The van der Waals surface area contributed by atoms with Gasteiger partial charge in [0, 0.05) is 12.0 Å². The summed E-state index contributed by atoms with van der Waals surface area (Å²) in [7, 11) is 0. The van der Waals surface area contributed by atoms with E-state index in [1.54, 1.807) is 6.08 Å². The summed E-state index contributed by atoms with van der Waals surface area (Å²) in [6, 6.07) is 3.27. The maximum absolute atomic E-state index is 12.0. The number of allylic oxidation sites excluding steroid dienone is 1. The van der Waals surface area contributed by atoms with E-state index in [4.69, 9.17) is 4.74 Å². The molecule has 3 heteroatoms. The van der Waals surface area contributed by atoms with Gasteiger partial charge in [-0.2, -0.15) is 0 Å². The van der Waals surface area contributed by atoms with E-state index in [1.807, 2.05) is 6.92 Å². The van der Waals surface area contributed by atoms with Crippen LogP contribution in [-0.2, 0) is 9.53 Å². The Labute approximate surface area is 103 Å². The number of rotatable bonds is 2. The average molecular weight is 234 g/mol. The van der Waals surface area contributed by atoms with Crippen molar-refractivity contribution in [1.82, 2.24) is 0 Å². The van der Waals surface area contributed by atoms with E-state index in [2.05, 4.69) is 17.8 Å². The van der Waals surface area contributed by atoms with Gasteiger partial charge in [-0.25, -0.2) is 0 Å². The molecule has 2 bridgehead atoms. The summed E-state index contributed by atoms with van der Waals surface area (Å²) in [5, 5.41) is 0. The zero-order valence-corrected chi connectivity index (χ0v) is 10.6. The maximum Gasteiger partial charge on any atom is 0.285 e. The van der Waals surface area contributed by atoms with Crippen LogP contribution in [0.4, 0.5) is 0 Å². The average Bonchev–Trinajstić information content (AvgIpc) is 2.27. The number of hydrogen-bond acceptors (Lipinski definition) is 2. The van der Waals surface area contributed by atoms with Crippen LogP contribution in [0.5, 0.6) is 0 Å². The Balaban J connectivity index is 2.28. The van der Waals surface area contributed by atoms with Gasteiger partial charge in [0.15, 0.2) is 11.7 Å². The van der Waals surface area contributed by atoms with E-state index in [1.165, 1.54) is 0 Å². The highest BCUT2D eigenvalue weighted by Gasteiger charge is 2.34. The Morgan fingerprint density at radius 2 is 2.35 bits per heavy atom. The van der Waals surface area contributed by atoms with Gasteiger partial charge in [-0.3, -0.25) is 4.79 Å². The highest BCUT2D eigenvalue weighted by atomic mass is 16.5. The monoisotopic (exact) mass is 234 g/mol. The standard InChI is InChI=1S/C14H20NO2/c1-3-17-12-7-13-10(2)5-4-6-11(9-15-13)14(16)8-12/h8,10-11,13H,3-7H2,1-2H3/q+1/b12-8+/t10?,11-,13-/m0/s1. The molecule has 0 saturated heterocycles. The number of nitrogens with zero attached hydrogens (tertiary/aromatic N) is 1. The molecule has 0 spiro atoms. The third kappa shape index (κ3) is 2.88. The zero-order chi connectivity index (χ0) is 12.3. The van der Waals surface area contributed by atoms with Gasteiger partial charge >= 0.3 is 0 Å². The number of carbonyl (C=O) groups excluding carboxylic acids is 1. The quantitative estimate of drug-likeness (QED) is 0.735. The molecule has 0 amide bonds. The lowest BCUT2D eigenvalue weighted by Gasteiger charge is -2.18. The predicted molar refractivity (Wildman–Crippen MR) is 66.9 cm³/mol. The summed E-state index contributed by atoms with van der Waals surface area (Å²) in [5.41, 5.74) is 0. The molecule has 3 atom stereocenters. The molecule has 0 radical (unpaired) electrons. The van der Waals surface area contributed by atoms with Crippen molar-refractivity contribution >= 4 is 5.78 Å². The fraction of sp³-hybridized carbons (Fsp3) is 0.714. The minimum atomic E-state index is -0.152. The highest BCUT2D eigenvalue weighted by molar-refractivity contribution is 5.94. The molecule has 2 heterocycles. The van der Waals surface area contributed by atoms with E-state index in [9.17, 15) is 4.79 Å². The van der Waals surface area contributed by atoms with Crippen LogP contribution in [-0.4, -0.2) is 18.4 Å². The molecule has 0 aromatic carbocycles. The SMILES string of the molecule is CCO/C1=C/C(=O)[C@@H]2C#[N+][C@@H](C1)C(C)CCC2. The van der Waals surface area contributed by atoms with E-state index < -0.39 is 0 Å². The summed E-state index contributed by atoms with van der Waals surface area (Å²) in [6.07, 6.45) is 5.50. The first kappa shape index (κ1) is 12.2. The minimum absolute atomic E-state index is 0.102. The normalized spacial score (nSPS) is 35.5. The Kier molecular flexibility index (Phi) is 3.83. The molecule has 0 aromatic rings. The summed E-state index contributed by atoms with van der Waals surface area (Å²) in [6.45, 7) is 4.78. The molecular weight excluding hydrogens is 214 g/mol. The summed E-state index contributed by atoms with van der Waals surface area (Å²) < 4.78 is 5.54. The lowest BCUT2D eigenvalue weighted by atomic mass is 9.86. The van der Waals surface area contributed by atoms with Crippen molar-refractivity contribution in [1.29, 1.82) is 0 Å².